The van der Waals surface area contributed by atoms with Crippen molar-refractivity contribution < 1.29 is 39.6 Å². The SMILES string of the molecule is Cn1c(=O)c(S(C)(=O)=O)c(N2CCN(C(=O)C3CCCC3)CC2)c2ccccc21.Cn1c(=O)c(S(C)(=O)=O)c(N2CCN(C(=O)c3ccncc3)CC2)c2ccccc21.Cn1c(=O)c(S(C)(=O)=O)c(N2CCN(C(=O)c3ccsc3)CC2)c2ccccc21. The van der Waals surface area contributed by atoms with Crippen LogP contribution in [0.3, 0.4) is 0 Å². The number of amides is 3. The van der Waals surface area contributed by atoms with Crippen LogP contribution in [0.4, 0.5) is 17.1 Å². The first-order chi connectivity index (χ1) is 41.9. The third-order valence-corrected chi connectivity index (χ3v) is 20.9. The van der Waals surface area contributed by atoms with Crippen molar-refractivity contribution in [2.75, 3.05) is 112 Å². The average molecular weight is 1280 g/mol. The number of pyridine rings is 4. The van der Waals surface area contributed by atoms with Crippen LogP contribution in [0.1, 0.15) is 46.4 Å². The molecule has 8 heterocycles. The maximum atomic E-state index is 12.9. The van der Waals surface area contributed by atoms with Crippen LogP contribution in [-0.2, 0) is 55.4 Å². The molecule has 0 N–H and O–H groups in total. The Balaban J connectivity index is 0.000000146. The van der Waals surface area contributed by atoms with Gasteiger partial charge in [0.25, 0.3) is 28.5 Å². The third kappa shape index (κ3) is 12.6. The zero-order valence-electron chi connectivity index (χ0n) is 49.9. The predicted molar refractivity (Wildman–Crippen MR) is 342 cm³/mol. The van der Waals surface area contributed by atoms with E-state index < -0.39 is 46.2 Å². The summed E-state index contributed by atoms with van der Waals surface area (Å²) in [6, 6.07) is 27.1. The molecular weight excluding hydrogens is 1210 g/mol. The van der Waals surface area contributed by atoms with Gasteiger partial charge in [0.15, 0.2) is 44.2 Å². The molecule has 5 aromatic heterocycles. The van der Waals surface area contributed by atoms with E-state index in [0.29, 0.717) is 134 Å². The zero-order chi connectivity index (χ0) is 63.0. The molecule has 464 valence electrons. The topological polar surface area (TPSA) is 252 Å². The van der Waals surface area contributed by atoms with Crippen LogP contribution in [-0.4, -0.2) is 174 Å². The second-order valence-corrected chi connectivity index (χ2v) is 29.2. The molecule has 0 atom stereocenters. The van der Waals surface area contributed by atoms with E-state index in [1.54, 1.807) is 67.6 Å². The van der Waals surface area contributed by atoms with E-state index in [1.807, 2.05) is 97.1 Å². The second kappa shape index (κ2) is 25.5. The number of sulfone groups is 3. The van der Waals surface area contributed by atoms with Crippen LogP contribution >= 0.6 is 11.3 Å². The van der Waals surface area contributed by atoms with Gasteiger partial charge in [-0.1, -0.05) is 67.4 Å². The molecule has 4 aliphatic rings. The van der Waals surface area contributed by atoms with Crippen molar-refractivity contribution in [3.63, 3.8) is 0 Å². The lowest BCUT2D eigenvalue weighted by Crippen LogP contribution is -2.51. The Bertz CT molecular complexity index is 4540. The number of aryl methyl sites for hydroxylation is 3. The van der Waals surface area contributed by atoms with Gasteiger partial charge in [-0.3, -0.25) is 33.8 Å². The summed E-state index contributed by atoms with van der Waals surface area (Å²) >= 11 is 1.48. The number of thiophene rings is 1. The first-order valence-corrected chi connectivity index (χ1v) is 35.5. The Hall–Kier alpha value is -8.20. The van der Waals surface area contributed by atoms with Gasteiger partial charge in [0.1, 0.15) is 0 Å². The molecule has 1 aliphatic carbocycles. The molecule has 8 aromatic rings. The molecule has 0 radical (unpaired) electrons. The van der Waals surface area contributed by atoms with Gasteiger partial charge in [0.2, 0.25) is 5.91 Å². The molecule has 12 rings (SSSR count). The smallest absolute Gasteiger partial charge is 0.271 e. The molecule has 0 spiro atoms. The summed E-state index contributed by atoms with van der Waals surface area (Å²) in [7, 11) is -6.48. The maximum Gasteiger partial charge on any atom is 0.271 e. The van der Waals surface area contributed by atoms with Crippen LogP contribution in [0.15, 0.2) is 143 Å². The lowest BCUT2D eigenvalue weighted by Gasteiger charge is -2.38. The summed E-state index contributed by atoms with van der Waals surface area (Å²) in [5.74, 6) is 0.245. The molecule has 22 nitrogen and oxygen atoms in total. The van der Waals surface area contributed by atoms with Gasteiger partial charge >= 0.3 is 0 Å². The van der Waals surface area contributed by atoms with E-state index in [9.17, 15) is 54.0 Å². The van der Waals surface area contributed by atoms with E-state index in [1.165, 1.54) is 25.0 Å². The monoisotopic (exact) mass is 1270 g/mol. The quantitative estimate of drug-likeness (QED) is 0.183. The highest BCUT2D eigenvalue weighted by molar-refractivity contribution is 7.91. The van der Waals surface area contributed by atoms with E-state index >= 15 is 0 Å². The standard InChI is InChI=1S/C21H22N4O4S.C21H27N3O4S.C20H21N3O4S2/c1-23-17-6-4-3-5-16(17)18(19(21(23)27)30(2,28)29)24-11-13-25(14-12-24)20(26)15-7-9-22-10-8-15;1-22-17-10-6-5-9-16(17)18(19(21(22)26)29(2,27)28)23-11-13-24(14-12-23)20(25)15-7-3-4-8-15;1-21-16-6-4-3-5-15(16)17(18(20(21)25)29(2,26)27)22-8-10-23(11-9-22)19(24)14-7-12-28-13-14/h3-10H,11-14H2,1-2H3;5-6,9-10,15H,3-4,7-8,11-14H2,1-2H3;3-7,12-13H,8-11H2,1-2H3. The highest BCUT2D eigenvalue weighted by Crippen LogP contribution is 2.36. The average Bonchev–Trinajstić information content (AvgIpc) is 1.07. The Labute approximate surface area is 514 Å². The van der Waals surface area contributed by atoms with Gasteiger partial charge < -0.3 is 43.1 Å². The molecule has 88 heavy (non-hydrogen) atoms. The van der Waals surface area contributed by atoms with Crippen molar-refractivity contribution in [1.29, 1.82) is 0 Å². The number of fused-ring (bicyclic) bond motifs is 3. The Morgan fingerprint density at radius 3 is 1.10 bits per heavy atom. The summed E-state index contributed by atoms with van der Waals surface area (Å²) in [4.78, 5) is 91.4. The van der Waals surface area contributed by atoms with Crippen molar-refractivity contribution in [1.82, 2.24) is 33.4 Å². The number of anilines is 3. The fraction of sp³-hybridized carbons (Fsp3) is 0.371. The molecular formula is C62H70N10O12S4. The van der Waals surface area contributed by atoms with Gasteiger partial charge in [-0.25, -0.2) is 25.3 Å². The summed E-state index contributed by atoms with van der Waals surface area (Å²) in [5.41, 5.74) is 3.03. The number of rotatable bonds is 9. The maximum absolute atomic E-state index is 12.9. The minimum atomic E-state index is -3.76. The van der Waals surface area contributed by atoms with Gasteiger partial charge in [-0.2, -0.15) is 11.3 Å². The fourth-order valence-electron chi connectivity index (χ4n) is 12.4. The van der Waals surface area contributed by atoms with Gasteiger partial charge in [0, 0.05) is 164 Å². The number of nitrogens with zero attached hydrogens (tertiary/aromatic N) is 10. The minimum Gasteiger partial charge on any atom is -0.366 e. The Kier molecular flexibility index (Phi) is 18.2. The molecule has 4 fully saturated rings. The predicted octanol–water partition coefficient (Wildman–Crippen LogP) is 5.05. The molecule has 1 saturated carbocycles. The Morgan fingerprint density at radius 1 is 0.443 bits per heavy atom. The normalized spacial score (nSPS) is 16.2. The van der Waals surface area contributed by atoms with E-state index in [2.05, 4.69) is 4.98 Å². The van der Waals surface area contributed by atoms with Crippen LogP contribution < -0.4 is 31.4 Å². The number of aromatic nitrogens is 4. The highest BCUT2D eigenvalue weighted by Gasteiger charge is 2.35. The number of hydrogen-bond donors (Lipinski definition) is 0. The Morgan fingerprint density at radius 2 is 0.773 bits per heavy atom. The number of benzene rings is 3. The van der Waals surface area contributed by atoms with Crippen LogP contribution in [0.2, 0.25) is 0 Å². The summed E-state index contributed by atoms with van der Waals surface area (Å²) in [6.45, 7) is 5.64. The summed E-state index contributed by atoms with van der Waals surface area (Å²) < 4.78 is 79.5. The van der Waals surface area contributed by atoms with Crippen molar-refractivity contribution in [2.24, 2.45) is 27.1 Å². The molecule has 0 unspecified atom stereocenters. The van der Waals surface area contributed by atoms with Gasteiger partial charge in [-0.05, 0) is 54.6 Å². The van der Waals surface area contributed by atoms with Crippen molar-refractivity contribution in [3.8, 4) is 0 Å². The zero-order valence-corrected chi connectivity index (χ0v) is 53.1. The number of hydrogen-bond acceptors (Lipinski definition) is 17. The lowest BCUT2D eigenvalue weighted by molar-refractivity contribution is -0.135. The summed E-state index contributed by atoms with van der Waals surface area (Å²) in [5, 5.41) is 5.85. The number of para-hydroxylation sites is 3. The second-order valence-electron chi connectivity index (χ2n) is 22.6. The number of piperazine rings is 3. The van der Waals surface area contributed by atoms with Crippen molar-refractivity contribution in [2.45, 2.75) is 40.4 Å². The van der Waals surface area contributed by atoms with Crippen LogP contribution in [0.5, 0.6) is 0 Å². The van der Waals surface area contributed by atoms with Gasteiger partial charge in [-0.15, -0.1) is 0 Å². The summed E-state index contributed by atoms with van der Waals surface area (Å²) in [6.07, 6.45) is 10.5. The first-order valence-electron chi connectivity index (χ1n) is 28.9. The van der Waals surface area contributed by atoms with Gasteiger partial charge in [0.05, 0.1) is 39.2 Å². The first kappa shape index (κ1) is 62.8. The molecule has 0 bridgehead atoms. The lowest BCUT2D eigenvalue weighted by atomic mass is 10.1. The van der Waals surface area contributed by atoms with E-state index in [-0.39, 0.29) is 38.3 Å². The molecule has 3 aromatic carbocycles. The number of carbonyl (C=O) groups is 3. The largest absolute Gasteiger partial charge is 0.366 e. The van der Waals surface area contributed by atoms with Crippen LogP contribution in [0, 0.1) is 5.92 Å². The number of carbonyl (C=O) groups excluding carboxylic acids is 3. The van der Waals surface area contributed by atoms with Crippen molar-refractivity contribution in [3.05, 3.63) is 156 Å². The molecule has 26 heteroatoms. The van der Waals surface area contributed by atoms with E-state index in [0.717, 1.165) is 49.8 Å². The molecule has 3 amide bonds. The molecule has 3 aliphatic heterocycles. The van der Waals surface area contributed by atoms with Crippen molar-refractivity contribution >= 4 is 108 Å². The molecule has 3 saturated heterocycles. The van der Waals surface area contributed by atoms with Crippen LogP contribution in [0.25, 0.3) is 32.7 Å². The fourth-order valence-corrected chi connectivity index (χ4v) is 16.2. The van der Waals surface area contributed by atoms with E-state index in [4.69, 9.17) is 0 Å². The minimum absolute atomic E-state index is 0.0249. The highest BCUT2D eigenvalue weighted by atomic mass is 32.2. The third-order valence-electron chi connectivity index (χ3n) is 16.9.